The smallest absolute Gasteiger partial charge is 0.239 e. The Hall–Kier alpha value is -1.03. The highest BCUT2D eigenvalue weighted by atomic mass is 79.9. The van der Waals surface area contributed by atoms with Crippen molar-refractivity contribution < 1.29 is 4.79 Å². The third-order valence-corrected chi connectivity index (χ3v) is 4.28. The molecular formula is C15H21BrN2O. The van der Waals surface area contributed by atoms with Crippen molar-refractivity contribution in [2.75, 3.05) is 11.9 Å². The summed E-state index contributed by atoms with van der Waals surface area (Å²) in [4.78, 5) is 11.9. The van der Waals surface area contributed by atoms with Crippen LogP contribution in [0.2, 0.25) is 0 Å². The molecule has 19 heavy (non-hydrogen) atoms. The zero-order chi connectivity index (χ0) is 13.7. The fraction of sp³-hybridized carbons (Fsp3) is 0.533. The van der Waals surface area contributed by atoms with E-state index in [1.54, 1.807) is 0 Å². The van der Waals surface area contributed by atoms with Gasteiger partial charge in [0.15, 0.2) is 0 Å². The highest BCUT2D eigenvalue weighted by molar-refractivity contribution is 9.10. The Morgan fingerprint density at radius 3 is 2.63 bits per heavy atom. The molecule has 1 aromatic rings. The van der Waals surface area contributed by atoms with E-state index in [0.717, 1.165) is 16.6 Å². The van der Waals surface area contributed by atoms with Crippen LogP contribution in [0.4, 0.5) is 5.69 Å². The van der Waals surface area contributed by atoms with Crippen molar-refractivity contribution >= 4 is 27.5 Å². The van der Waals surface area contributed by atoms with E-state index in [0.29, 0.717) is 18.5 Å². The Labute approximate surface area is 123 Å². The number of hydrogen-bond acceptors (Lipinski definition) is 2. The quantitative estimate of drug-likeness (QED) is 0.889. The number of hydrogen-bond donors (Lipinski definition) is 2. The van der Waals surface area contributed by atoms with Gasteiger partial charge < -0.3 is 10.6 Å². The van der Waals surface area contributed by atoms with Gasteiger partial charge in [-0.2, -0.15) is 0 Å². The molecule has 4 heteroatoms. The summed E-state index contributed by atoms with van der Waals surface area (Å²) in [7, 11) is 0. The second kappa shape index (κ2) is 6.94. The standard InChI is InChI=1S/C15H21BrN2O/c1-11-4-2-3-5-14(11)18-15(19)10-17-13-8-6-12(16)7-9-13/h6-9,11,14,17H,2-5,10H2,1H3,(H,18,19)/t11-,14+/m1/s1. The minimum Gasteiger partial charge on any atom is -0.376 e. The van der Waals surface area contributed by atoms with E-state index < -0.39 is 0 Å². The molecule has 1 amide bonds. The molecule has 1 saturated carbocycles. The van der Waals surface area contributed by atoms with Gasteiger partial charge in [0.25, 0.3) is 0 Å². The lowest BCUT2D eigenvalue weighted by molar-refractivity contribution is -0.120. The Kier molecular flexibility index (Phi) is 5.25. The van der Waals surface area contributed by atoms with Crippen LogP contribution in [0.15, 0.2) is 28.7 Å². The number of carbonyl (C=O) groups excluding carboxylic acids is 1. The van der Waals surface area contributed by atoms with Gasteiger partial charge in [0.2, 0.25) is 5.91 Å². The maximum Gasteiger partial charge on any atom is 0.239 e. The monoisotopic (exact) mass is 324 g/mol. The number of carbonyl (C=O) groups is 1. The van der Waals surface area contributed by atoms with E-state index in [1.807, 2.05) is 24.3 Å². The Morgan fingerprint density at radius 2 is 1.95 bits per heavy atom. The molecular weight excluding hydrogens is 304 g/mol. The molecule has 104 valence electrons. The fourth-order valence-corrected chi connectivity index (χ4v) is 2.80. The number of halogens is 1. The first-order valence-electron chi connectivity index (χ1n) is 6.94. The van der Waals surface area contributed by atoms with Gasteiger partial charge in [-0.1, -0.05) is 35.7 Å². The summed E-state index contributed by atoms with van der Waals surface area (Å²) in [6, 6.07) is 8.20. The molecule has 0 unspecified atom stereocenters. The second-order valence-corrected chi connectivity index (χ2v) is 6.21. The van der Waals surface area contributed by atoms with Crippen molar-refractivity contribution in [3.8, 4) is 0 Å². The maximum atomic E-state index is 11.9. The third-order valence-electron chi connectivity index (χ3n) is 3.76. The lowest BCUT2D eigenvalue weighted by Crippen LogP contribution is -2.43. The summed E-state index contributed by atoms with van der Waals surface area (Å²) >= 11 is 3.39. The second-order valence-electron chi connectivity index (χ2n) is 5.30. The molecule has 0 aliphatic heterocycles. The minimum absolute atomic E-state index is 0.0849. The zero-order valence-electron chi connectivity index (χ0n) is 11.3. The summed E-state index contributed by atoms with van der Waals surface area (Å²) in [6.07, 6.45) is 4.87. The predicted molar refractivity (Wildman–Crippen MR) is 82.2 cm³/mol. The van der Waals surface area contributed by atoms with Crippen LogP contribution in [0.1, 0.15) is 32.6 Å². The van der Waals surface area contributed by atoms with E-state index in [1.165, 1.54) is 19.3 Å². The van der Waals surface area contributed by atoms with Crippen LogP contribution in [0.5, 0.6) is 0 Å². The third kappa shape index (κ3) is 4.53. The van der Waals surface area contributed by atoms with Crippen LogP contribution in [-0.4, -0.2) is 18.5 Å². The van der Waals surface area contributed by atoms with Gasteiger partial charge in [-0.3, -0.25) is 4.79 Å². The largest absolute Gasteiger partial charge is 0.376 e. The SMILES string of the molecule is C[C@@H]1CCCC[C@@H]1NC(=O)CNc1ccc(Br)cc1. The van der Waals surface area contributed by atoms with Crippen LogP contribution in [0.25, 0.3) is 0 Å². The number of rotatable bonds is 4. The van der Waals surface area contributed by atoms with E-state index in [-0.39, 0.29) is 5.91 Å². The predicted octanol–water partition coefficient (Wildman–Crippen LogP) is 3.56. The molecule has 2 N–H and O–H groups in total. The van der Waals surface area contributed by atoms with E-state index >= 15 is 0 Å². The Morgan fingerprint density at radius 1 is 1.26 bits per heavy atom. The van der Waals surface area contributed by atoms with Crippen molar-refractivity contribution in [3.63, 3.8) is 0 Å². The van der Waals surface area contributed by atoms with Crippen molar-refractivity contribution in [1.29, 1.82) is 0 Å². The maximum absolute atomic E-state index is 11.9. The number of anilines is 1. The number of nitrogens with one attached hydrogen (secondary N) is 2. The molecule has 0 radical (unpaired) electrons. The molecule has 2 rings (SSSR count). The normalized spacial score (nSPS) is 22.8. The molecule has 3 nitrogen and oxygen atoms in total. The van der Waals surface area contributed by atoms with Gasteiger partial charge >= 0.3 is 0 Å². The van der Waals surface area contributed by atoms with Gasteiger partial charge in [0.1, 0.15) is 0 Å². The van der Waals surface area contributed by atoms with E-state index in [4.69, 9.17) is 0 Å². The van der Waals surface area contributed by atoms with Crippen molar-refractivity contribution in [2.24, 2.45) is 5.92 Å². The highest BCUT2D eigenvalue weighted by Gasteiger charge is 2.22. The average Bonchev–Trinajstić information content (AvgIpc) is 2.41. The summed E-state index contributed by atoms with van der Waals surface area (Å²) in [6.45, 7) is 2.57. The van der Waals surface area contributed by atoms with Crippen LogP contribution in [0.3, 0.4) is 0 Å². The molecule has 0 saturated heterocycles. The lowest BCUT2D eigenvalue weighted by atomic mass is 9.86. The zero-order valence-corrected chi connectivity index (χ0v) is 12.9. The van der Waals surface area contributed by atoms with E-state index in [2.05, 4.69) is 33.5 Å². The first kappa shape index (κ1) is 14.4. The highest BCUT2D eigenvalue weighted by Crippen LogP contribution is 2.23. The van der Waals surface area contributed by atoms with Crippen LogP contribution in [0, 0.1) is 5.92 Å². The molecule has 1 aliphatic rings. The molecule has 1 fully saturated rings. The van der Waals surface area contributed by atoms with Crippen molar-refractivity contribution in [3.05, 3.63) is 28.7 Å². The van der Waals surface area contributed by atoms with Crippen molar-refractivity contribution in [1.82, 2.24) is 5.32 Å². The fourth-order valence-electron chi connectivity index (χ4n) is 2.54. The minimum atomic E-state index is 0.0849. The Bertz CT molecular complexity index is 419. The van der Waals surface area contributed by atoms with Crippen LogP contribution < -0.4 is 10.6 Å². The van der Waals surface area contributed by atoms with Crippen molar-refractivity contribution in [2.45, 2.75) is 38.6 Å². The molecule has 1 aromatic carbocycles. The Balaban J connectivity index is 1.76. The molecule has 2 atom stereocenters. The lowest BCUT2D eigenvalue weighted by Gasteiger charge is -2.29. The molecule has 0 aromatic heterocycles. The van der Waals surface area contributed by atoms with Gasteiger partial charge in [0.05, 0.1) is 6.54 Å². The molecule has 0 bridgehead atoms. The van der Waals surface area contributed by atoms with Gasteiger partial charge in [0, 0.05) is 16.2 Å². The average molecular weight is 325 g/mol. The number of amides is 1. The first-order chi connectivity index (χ1) is 9.15. The summed E-state index contributed by atoms with van der Waals surface area (Å²) in [5.41, 5.74) is 0.968. The molecule has 0 heterocycles. The van der Waals surface area contributed by atoms with Gasteiger partial charge in [-0.05, 0) is 43.0 Å². The summed E-state index contributed by atoms with van der Waals surface area (Å²) in [5.74, 6) is 0.687. The van der Waals surface area contributed by atoms with Gasteiger partial charge in [-0.25, -0.2) is 0 Å². The molecule has 1 aliphatic carbocycles. The van der Waals surface area contributed by atoms with E-state index in [9.17, 15) is 4.79 Å². The summed E-state index contributed by atoms with van der Waals surface area (Å²) < 4.78 is 1.04. The number of benzene rings is 1. The topological polar surface area (TPSA) is 41.1 Å². The summed E-state index contributed by atoms with van der Waals surface area (Å²) in [5, 5.41) is 6.28. The van der Waals surface area contributed by atoms with Crippen LogP contribution >= 0.6 is 15.9 Å². The first-order valence-corrected chi connectivity index (χ1v) is 7.73. The molecule has 0 spiro atoms. The van der Waals surface area contributed by atoms with Crippen LogP contribution in [-0.2, 0) is 4.79 Å². The van der Waals surface area contributed by atoms with Gasteiger partial charge in [-0.15, -0.1) is 0 Å².